The number of benzene rings is 1. The Bertz CT molecular complexity index is 466. The van der Waals surface area contributed by atoms with E-state index < -0.39 is 0 Å². The number of anilines is 2. The van der Waals surface area contributed by atoms with Gasteiger partial charge in [-0.15, -0.1) is 0 Å². The van der Waals surface area contributed by atoms with Crippen LogP contribution in [0.5, 0.6) is 0 Å². The van der Waals surface area contributed by atoms with Crippen molar-refractivity contribution in [1.29, 1.82) is 0 Å². The third kappa shape index (κ3) is 2.08. The number of nitrogen functional groups attached to an aromatic ring is 1. The van der Waals surface area contributed by atoms with E-state index >= 15 is 0 Å². The molecule has 1 aromatic carbocycles. The summed E-state index contributed by atoms with van der Waals surface area (Å²) in [5.41, 5.74) is 8.65. The summed E-state index contributed by atoms with van der Waals surface area (Å²) in [6.45, 7) is 3.00. The highest BCUT2D eigenvalue weighted by Crippen LogP contribution is 2.31. The fourth-order valence-corrected chi connectivity index (χ4v) is 2.93. The van der Waals surface area contributed by atoms with Gasteiger partial charge in [-0.2, -0.15) is 0 Å². The second-order valence-corrected chi connectivity index (χ2v) is 5.26. The van der Waals surface area contributed by atoms with Crippen molar-refractivity contribution < 1.29 is 4.79 Å². The molecule has 1 aromatic rings. The van der Waals surface area contributed by atoms with E-state index in [9.17, 15) is 4.79 Å². The van der Waals surface area contributed by atoms with Crippen LogP contribution in [0.25, 0.3) is 0 Å². The van der Waals surface area contributed by atoms with Crippen molar-refractivity contribution >= 4 is 17.3 Å². The molecule has 1 saturated heterocycles. The average molecular weight is 245 g/mol. The lowest BCUT2D eigenvalue weighted by Crippen LogP contribution is -2.37. The molecule has 96 valence electrons. The Morgan fingerprint density at radius 1 is 1.33 bits per heavy atom. The van der Waals surface area contributed by atoms with Crippen molar-refractivity contribution in [2.75, 3.05) is 30.3 Å². The third-order valence-corrected chi connectivity index (χ3v) is 3.94. The molecule has 3 N–H and O–H groups in total. The zero-order valence-electron chi connectivity index (χ0n) is 10.5. The van der Waals surface area contributed by atoms with Gasteiger partial charge in [0.05, 0.1) is 6.42 Å². The van der Waals surface area contributed by atoms with E-state index in [0.717, 1.165) is 49.4 Å². The van der Waals surface area contributed by atoms with Crippen LogP contribution in [-0.4, -0.2) is 25.5 Å². The van der Waals surface area contributed by atoms with Gasteiger partial charge < -0.3 is 16.0 Å². The Morgan fingerprint density at radius 2 is 2.11 bits per heavy atom. The summed E-state index contributed by atoms with van der Waals surface area (Å²) in [6.07, 6.45) is 2.83. The first-order valence-electron chi connectivity index (χ1n) is 6.63. The van der Waals surface area contributed by atoms with Crippen molar-refractivity contribution in [2.24, 2.45) is 5.92 Å². The summed E-state index contributed by atoms with van der Waals surface area (Å²) in [7, 11) is 0. The molecule has 2 aliphatic rings. The monoisotopic (exact) mass is 245 g/mol. The molecule has 4 nitrogen and oxygen atoms in total. The van der Waals surface area contributed by atoms with Gasteiger partial charge in [0, 0.05) is 17.9 Å². The normalized spacial score (nSPS) is 20.2. The molecule has 0 aliphatic carbocycles. The first-order chi connectivity index (χ1) is 8.74. The molecule has 2 heterocycles. The first-order valence-corrected chi connectivity index (χ1v) is 6.63. The van der Waals surface area contributed by atoms with Gasteiger partial charge in [0.25, 0.3) is 0 Å². The molecule has 0 aromatic heterocycles. The van der Waals surface area contributed by atoms with Gasteiger partial charge in [-0.25, -0.2) is 0 Å². The van der Waals surface area contributed by atoms with E-state index in [1.807, 2.05) is 23.1 Å². The van der Waals surface area contributed by atoms with Gasteiger partial charge in [-0.05, 0) is 55.6 Å². The van der Waals surface area contributed by atoms with Crippen LogP contribution in [-0.2, 0) is 11.2 Å². The van der Waals surface area contributed by atoms with Crippen LogP contribution in [0.1, 0.15) is 18.4 Å². The number of hydrogen-bond acceptors (Lipinski definition) is 3. The number of fused-ring (bicyclic) bond motifs is 1. The number of carbonyl (C=O) groups is 1. The zero-order chi connectivity index (χ0) is 12.5. The molecule has 0 saturated carbocycles. The van der Waals surface area contributed by atoms with Crippen LogP contribution in [0.2, 0.25) is 0 Å². The number of amides is 1. The lowest BCUT2D eigenvalue weighted by atomic mass is 9.97. The maximum Gasteiger partial charge on any atom is 0.231 e. The molecule has 4 heteroatoms. The van der Waals surface area contributed by atoms with Gasteiger partial charge in [0.2, 0.25) is 5.91 Å². The van der Waals surface area contributed by atoms with E-state index in [0.29, 0.717) is 12.3 Å². The largest absolute Gasteiger partial charge is 0.399 e. The minimum atomic E-state index is 0.217. The predicted octanol–water partition coefficient (Wildman–Crippen LogP) is 1.16. The van der Waals surface area contributed by atoms with E-state index in [-0.39, 0.29) is 5.91 Å². The molecule has 0 spiro atoms. The molecule has 0 bridgehead atoms. The molecule has 0 radical (unpaired) electrons. The van der Waals surface area contributed by atoms with Crippen molar-refractivity contribution in [3.63, 3.8) is 0 Å². The quantitative estimate of drug-likeness (QED) is 0.769. The van der Waals surface area contributed by atoms with E-state index in [1.165, 1.54) is 0 Å². The van der Waals surface area contributed by atoms with Gasteiger partial charge in [-0.3, -0.25) is 4.79 Å². The molecule has 2 aliphatic heterocycles. The maximum absolute atomic E-state index is 12.1. The van der Waals surface area contributed by atoms with Crippen LogP contribution < -0.4 is 16.0 Å². The summed E-state index contributed by atoms with van der Waals surface area (Å²) >= 11 is 0. The average Bonchev–Trinajstić information content (AvgIpc) is 2.66. The maximum atomic E-state index is 12.1. The molecule has 3 rings (SSSR count). The van der Waals surface area contributed by atoms with Crippen LogP contribution in [0.3, 0.4) is 0 Å². The number of nitrogens with one attached hydrogen (secondary N) is 1. The second kappa shape index (κ2) is 4.61. The fraction of sp³-hybridized carbons (Fsp3) is 0.500. The van der Waals surface area contributed by atoms with E-state index in [4.69, 9.17) is 5.73 Å². The summed E-state index contributed by atoms with van der Waals surface area (Å²) in [4.78, 5) is 14.0. The number of nitrogens with two attached hydrogens (primary N) is 1. The summed E-state index contributed by atoms with van der Waals surface area (Å²) in [5.74, 6) is 0.841. The van der Waals surface area contributed by atoms with Crippen LogP contribution >= 0.6 is 0 Å². The van der Waals surface area contributed by atoms with E-state index in [2.05, 4.69) is 5.32 Å². The van der Waals surface area contributed by atoms with Gasteiger partial charge in [0.1, 0.15) is 0 Å². The minimum Gasteiger partial charge on any atom is -0.399 e. The summed E-state index contributed by atoms with van der Waals surface area (Å²) in [5, 5.41) is 3.36. The molecule has 1 amide bonds. The Hall–Kier alpha value is -1.55. The zero-order valence-corrected chi connectivity index (χ0v) is 10.5. The molecular weight excluding hydrogens is 226 g/mol. The van der Waals surface area contributed by atoms with Crippen molar-refractivity contribution in [3.8, 4) is 0 Å². The molecule has 1 fully saturated rings. The lowest BCUT2D eigenvalue weighted by Gasteiger charge is -2.27. The standard InChI is InChI=1S/C14H19N3O/c15-12-1-2-13-11(7-12)8-14(18)17(13)9-10-3-5-16-6-4-10/h1-2,7,10,16H,3-6,8-9,15H2. The highest BCUT2D eigenvalue weighted by atomic mass is 16.2. The van der Waals surface area contributed by atoms with Crippen LogP contribution in [0.15, 0.2) is 18.2 Å². The Labute approximate surface area is 107 Å². The Balaban J connectivity index is 1.78. The number of piperidine rings is 1. The molecule has 0 unspecified atom stereocenters. The Morgan fingerprint density at radius 3 is 2.89 bits per heavy atom. The first kappa shape index (κ1) is 11.5. The SMILES string of the molecule is Nc1ccc2c(c1)CC(=O)N2CC1CCNCC1. The smallest absolute Gasteiger partial charge is 0.231 e. The lowest BCUT2D eigenvalue weighted by molar-refractivity contribution is -0.117. The van der Waals surface area contributed by atoms with Gasteiger partial charge in [0.15, 0.2) is 0 Å². The van der Waals surface area contributed by atoms with E-state index in [1.54, 1.807) is 0 Å². The highest BCUT2D eigenvalue weighted by molar-refractivity contribution is 6.01. The van der Waals surface area contributed by atoms with Crippen LogP contribution in [0.4, 0.5) is 11.4 Å². The van der Waals surface area contributed by atoms with Crippen LogP contribution in [0, 0.1) is 5.92 Å². The Kier molecular flexibility index (Phi) is 2.96. The fourth-order valence-electron chi connectivity index (χ4n) is 2.93. The third-order valence-electron chi connectivity index (χ3n) is 3.94. The molecular formula is C14H19N3O. The van der Waals surface area contributed by atoms with Crippen molar-refractivity contribution in [3.05, 3.63) is 23.8 Å². The predicted molar refractivity (Wildman–Crippen MR) is 72.5 cm³/mol. The summed E-state index contributed by atoms with van der Waals surface area (Å²) in [6, 6.07) is 5.79. The summed E-state index contributed by atoms with van der Waals surface area (Å²) < 4.78 is 0. The minimum absolute atomic E-state index is 0.217. The number of nitrogens with zero attached hydrogens (tertiary/aromatic N) is 1. The van der Waals surface area contributed by atoms with Gasteiger partial charge in [-0.1, -0.05) is 0 Å². The van der Waals surface area contributed by atoms with Crippen molar-refractivity contribution in [1.82, 2.24) is 5.32 Å². The number of carbonyl (C=O) groups excluding carboxylic acids is 1. The number of rotatable bonds is 2. The molecule has 0 atom stereocenters. The van der Waals surface area contributed by atoms with Crippen molar-refractivity contribution in [2.45, 2.75) is 19.3 Å². The molecule has 18 heavy (non-hydrogen) atoms. The number of hydrogen-bond donors (Lipinski definition) is 2. The van der Waals surface area contributed by atoms with Gasteiger partial charge >= 0.3 is 0 Å². The highest BCUT2D eigenvalue weighted by Gasteiger charge is 2.29. The topological polar surface area (TPSA) is 58.4 Å². The second-order valence-electron chi connectivity index (χ2n) is 5.26.